The molecule has 7 atom stereocenters. The maximum Gasteiger partial charge on any atom is 0.0849 e. The highest BCUT2D eigenvalue weighted by Crippen LogP contribution is 2.60. The molecule has 0 aliphatic heterocycles. The van der Waals surface area contributed by atoms with E-state index in [1.165, 1.54) is 31.3 Å². The summed E-state index contributed by atoms with van der Waals surface area (Å²) in [6, 6.07) is 0. The Morgan fingerprint density at radius 1 is 1.26 bits per heavy atom. The van der Waals surface area contributed by atoms with Crippen molar-refractivity contribution < 1.29 is 20.4 Å². The van der Waals surface area contributed by atoms with Crippen LogP contribution in [0.1, 0.15) is 85.0 Å². The van der Waals surface area contributed by atoms with Crippen molar-refractivity contribution in [2.45, 2.75) is 103 Å². The number of aliphatic hydroxyl groups excluding tert-OH is 3. The number of rotatable bonds is 7. The molecule has 0 bridgehead atoms. The van der Waals surface area contributed by atoms with Gasteiger partial charge in [-0.05, 0) is 86.2 Å². The van der Waals surface area contributed by atoms with Crippen molar-refractivity contribution in [2.75, 3.05) is 6.61 Å². The van der Waals surface area contributed by atoms with Crippen molar-refractivity contribution in [3.05, 3.63) is 35.5 Å². The fourth-order valence-electron chi connectivity index (χ4n) is 6.76. The van der Waals surface area contributed by atoms with Gasteiger partial charge in [0.25, 0.3) is 0 Å². The Balaban J connectivity index is 1.68. The molecule has 0 amide bonds. The van der Waals surface area contributed by atoms with E-state index in [0.717, 1.165) is 30.4 Å². The number of hydrogen-bond acceptors (Lipinski definition) is 4. The summed E-state index contributed by atoms with van der Waals surface area (Å²) >= 11 is 0. The van der Waals surface area contributed by atoms with E-state index in [1.807, 2.05) is 0 Å². The second-order valence-corrected chi connectivity index (χ2v) is 11.2. The van der Waals surface area contributed by atoms with E-state index in [0.29, 0.717) is 42.4 Å². The molecule has 176 valence electrons. The summed E-state index contributed by atoms with van der Waals surface area (Å²) in [6.45, 7) is 10.5. The molecule has 4 heteroatoms. The number of aliphatic hydroxyl groups is 4. The number of fused-ring (bicyclic) bond motifs is 1. The molecule has 0 spiro atoms. The van der Waals surface area contributed by atoms with Crippen molar-refractivity contribution in [1.29, 1.82) is 0 Å². The molecule has 0 saturated heterocycles. The quantitative estimate of drug-likeness (QED) is 0.471. The third-order valence-electron chi connectivity index (χ3n) is 8.70. The first-order chi connectivity index (χ1) is 14.6. The van der Waals surface area contributed by atoms with Gasteiger partial charge in [0.1, 0.15) is 0 Å². The predicted octanol–water partition coefficient (Wildman–Crippen LogP) is 4.68. The minimum atomic E-state index is -0.958. The fourth-order valence-corrected chi connectivity index (χ4v) is 6.76. The molecule has 0 aromatic carbocycles. The van der Waals surface area contributed by atoms with Gasteiger partial charge in [-0.3, -0.25) is 0 Å². The lowest BCUT2D eigenvalue weighted by Gasteiger charge is -2.44. The first-order valence-electron chi connectivity index (χ1n) is 12.4. The summed E-state index contributed by atoms with van der Waals surface area (Å²) in [7, 11) is 0. The SMILES string of the molecule is C=C1C(=CC=C2CCC[C@]3(C)[C@@H]([C@H](C)CCC[C@](C)(O)CO)CC[C@@H]23)C[C@H](O)C[C@H]1O. The lowest BCUT2D eigenvalue weighted by atomic mass is 9.60. The molecular weight excluding hydrogens is 388 g/mol. The fraction of sp³-hybridized carbons (Fsp3) is 0.778. The Labute approximate surface area is 188 Å². The van der Waals surface area contributed by atoms with Gasteiger partial charge < -0.3 is 20.4 Å². The lowest BCUT2D eigenvalue weighted by Crippen LogP contribution is -2.36. The molecule has 4 N–H and O–H groups in total. The summed E-state index contributed by atoms with van der Waals surface area (Å²) in [5.74, 6) is 1.92. The van der Waals surface area contributed by atoms with E-state index in [1.54, 1.807) is 6.92 Å². The van der Waals surface area contributed by atoms with Gasteiger partial charge in [0.15, 0.2) is 0 Å². The van der Waals surface area contributed by atoms with Gasteiger partial charge >= 0.3 is 0 Å². The van der Waals surface area contributed by atoms with Crippen LogP contribution >= 0.6 is 0 Å². The zero-order valence-corrected chi connectivity index (χ0v) is 19.8. The second-order valence-electron chi connectivity index (χ2n) is 11.2. The van der Waals surface area contributed by atoms with Gasteiger partial charge in [0.05, 0.1) is 24.4 Å². The first-order valence-corrected chi connectivity index (χ1v) is 12.4. The van der Waals surface area contributed by atoms with E-state index in [9.17, 15) is 20.4 Å². The van der Waals surface area contributed by atoms with Gasteiger partial charge in [-0.1, -0.05) is 51.0 Å². The average molecular weight is 433 g/mol. The van der Waals surface area contributed by atoms with Crippen LogP contribution in [0.5, 0.6) is 0 Å². The zero-order valence-electron chi connectivity index (χ0n) is 19.8. The predicted molar refractivity (Wildman–Crippen MR) is 125 cm³/mol. The van der Waals surface area contributed by atoms with E-state index < -0.39 is 17.8 Å². The van der Waals surface area contributed by atoms with Crippen molar-refractivity contribution in [3.8, 4) is 0 Å². The molecule has 0 heterocycles. The molecule has 31 heavy (non-hydrogen) atoms. The minimum absolute atomic E-state index is 0.172. The van der Waals surface area contributed by atoms with Crippen molar-refractivity contribution in [2.24, 2.45) is 23.2 Å². The van der Waals surface area contributed by atoms with Crippen LogP contribution in [0.4, 0.5) is 0 Å². The van der Waals surface area contributed by atoms with E-state index in [2.05, 4.69) is 32.6 Å². The molecule has 3 rings (SSSR count). The van der Waals surface area contributed by atoms with Gasteiger partial charge in [0.2, 0.25) is 0 Å². The van der Waals surface area contributed by atoms with Crippen LogP contribution < -0.4 is 0 Å². The summed E-state index contributed by atoms with van der Waals surface area (Å²) in [5.41, 5.74) is 2.65. The van der Waals surface area contributed by atoms with Crippen LogP contribution in [0.2, 0.25) is 0 Å². The maximum atomic E-state index is 10.1. The highest BCUT2D eigenvalue weighted by atomic mass is 16.3. The Bertz CT molecular complexity index is 706. The number of hydrogen-bond donors (Lipinski definition) is 4. The normalized spacial score (nSPS) is 39.5. The van der Waals surface area contributed by atoms with Crippen LogP contribution in [-0.2, 0) is 0 Å². The average Bonchev–Trinajstić information content (AvgIpc) is 3.07. The summed E-state index contributed by atoms with van der Waals surface area (Å²) < 4.78 is 0. The monoisotopic (exact) mass is 432 g/mol. The topological polar surface area (TPSA) is 80.9 Å². The van der Waals surface area contributed by atoms with Gasteiger partial charge in [-0.2, -0.15) is 0 Å². The standard InChI is InChI=1S/C27H44O4/c1-18(7-5-13-26(3,31)17-28)23-11-12-24-20(8-6-14-27(23,24)4)9-10-21-15-22(29)16-25(30)19(21)2/h9-10,18,22-25,28-31H,2,5-8,11-17H2,1,3-4H3/t18-,22+,23-,24+,25-,26+,27-/m1/s1. The molecule has 3 fully saturated rings. The van der Waals surface area contributed by atoms with Gasteiger partial charge in [-0.15, -0.1) is 0 Å². The molecular formula is C27H44O4. The first kappa shape index (κ1) is 24.7. The number of allylic oxidation sites excluding steroid dienone is 3. The highest BCUT2D eigenvalue weighted by molar-refractivity contribution is 5.38. The summed E-state index contributed by atoms with van der Waals surface area (Å²) in [6.07, 6.45) is 13.1. The van der Waals surface area contributed by atoms with Crippen LogP contribution in [0, 0.1) is 23.2 Å². The molecule has 3 aliphatic carbocycles. The minimum Gasteiger partial charge on any atom is -0.393 e. The van der Waals surface area contributed by atoms with E-state index >= 15 is 0 Å². The van der Waals surface area contributed by atoms with Crippen LogP contribution in [0.15, 0.2) is 35.5 Å². The Kier molecular flexibility index (Phi) is 7.89. The third kappa shape index (κ3) is 5.52. The summed E-state index contributed by atoms with van der Waals surface area (Å²) in [5, 5.41) is 39.5. The Morgan fingerprint density at radius 2 is 2.00 bits per heavy atom. The molecule has 0 unspecified atom stereocenters. The lowest BCUT2D eigenvalue weighted by molar-refractivity contribution is -0.00891. The second kappa shape index (κ2) is 9.91. The molecule has 3 saturated carbocycles. The maximum absolute atomic E-state index is 10.1. The van der Waals surface area contributed by atoms with Crippen LogP contribution in [-0.4, -0.2) is 44.8 Å². The molecule has 0 aromatic rings. The molecule has 0 radical (unpaired) electrons. The van der Waals surface area contributed by atoms with E-state index in [-0.39, 0.29) is 6.61 Å². The van der Waals surface area contributed by atoms with Gasteiger partial charge in [-0.25, -0.2) is 0 Å². The highest BCUT2D eigenvalue weighted by Gasteiger charge is 2.50. The molecule has 3 aliphatic rings. The van der Waals surface area contributed by atoms with Crippen molar-refractivity contribution >= 4 is 0 Å². The smallest absolute Gasteiger partial charge is 0.0849 e. The van der Waals surface area contributed by atoms with Crippen LogP contribution in [0.25, 0.3) is 0 Å². The van der Waals surface area contributed by atoms with E-state index in [4.69, 9.17) is 0 Å². The van der Waals surface area contributed by atoms with Crippen molar-refractivity contribution in [3.63, 3.8) is 0 Å². The van der Waals surface area contributed by atoms with Gasteiger partial charge in [0, 0.05) is 6.42 Å². The molecule has 4 nitrogen and oxygen atoms in total. The third-order valence-corrected chi connectivity index (χ3v) is 8.70. The zero-order chi connectivity index (χ0) is 22.8. The largest absolute Gasteiger partial charge is 0.393 e. The Hall–Kier alpha value is -0.940. The Morgan fingerprint density at radius 3 is 2.71 bits per heavy atom. The molecule has 0 aromatic heterocycles. The summed E-state index contributed by atoms with van der Waals surface area (Å²) in [4.78, 5) is 0. The van der Waals surface area contributed by atoms with Crippen molar-refractivity contribution in [1.82, 2.24) is 0 Å². The van der Waals surface area contributed by atoms with Crippen LogP contribution in [0.3, 0.4) is 0 Å².